The van der Waals surface area contributed by atoms with Crippen molar-refractivity contribution in [1.29, 1.82) is 0 Å². The summed E-state index contributed by atoms with van der Waals surface area (Å²) < 4.78 is 18.2. The number of carbonyl (C=O) groups is 1. The standard InChI is InChI=1S/C13H7Cl3FNO2/c1-20-13(19)12-10(17)4-7(5-18-12)6-2-8(14)11(16)9(15)3-6/h2-5H,1H3. The summed E-state index contributed by atoms with van der Waals surface area (Å²) in [5.41, 5.74) is 0.560. The second-order valence-electron chi connectivity index (χ2n) is 3.80. The molecule has 0 N–H and O–H groups in total. The van der Waals surface area contributed by atoms with Gasteiger partial charge in [-0.3, -0.25) is 0 Å². The van der Waals surface area contributed by atoms with Crippen molar-refractivity contribution >= 4 is 40.8 Å². The van der Waals surface area contributed by atoms with Crippen LogP contribution in [0, 0.1) is 5.82 Å². The molecular formula is C13H7Cl3FNO2. The van der Waals surface area contributed by atoms with Gasteiger partial charge < -0.3 is 4.74 Å². The molecule has 20 heavy (non-hydrogen) atoms. The molecule has 0 fully saturated rings. The Morgan fingerprint density at radius 3 is 2.25 bits per heavy atom. The Bertz CT molecular complexity index is 668. The van der Waals surface area contributed by atoms with Gasteiger partial charge >= 0.3 is 5.97 Å². The quantitative estimate of drug-likeness (QED) is 0.593. The fourth-order valence-electron chi connectivity index (χ4n) is 1.56. The molecule has 1 aromatic carbocycles. The van der Waals surface area contributed by atoms with E-state index in [1.807, 2.05) is 0 Å². The highest BCUT2D eigenvalue weighted by Gasteiger charge is 2.16. The molecule has 0 atom stereocenters. The van der Waals surface area contributed by atoms with Gasteiger partial charge in [-0.2, -0.15) is 0 Å². The first-order valence-corrected chi connectivity index (χ1v) is 6.46. The SMILES string of the molecule is COC(=O)c1ncc(-c2cc(Cl)c(Cl)c(Cl)c2)cc1F. The summed E-state index contributed by atoms with van der Waals surface area (Å²) in [5.74, 6) is -1.64. The van der Waals surface area contributed by atoms with E-state index in [-0.39, 0.29) is 20.8 Å². The van der Waals surface area contributed by atoms with E-state index in [2.05, 4.69) is 9.72 Å². The summed E-state index contributed by atoms with van der Waals surface area (Å²) >= 11 is 17.7. The molecule has 3 nitrogen and oxygen atoms in total. The Balaban J connectivity index is 2.49. The monoisotopic (exact) mass is 333 g/mol. The Hall–Kier alpha value is -1.36. The van der Waals surface area contributed by atoms with Crippen LogP contribution >= 0.6 is 34.8 Å². The molecule has 1 aromatic heterocycles. The van der Waals surface area contributed by atoms with E-state index in [4.69, 9.17) is 34.8 Å². The zero-order valence-electron chi connectivity index (χ0n) is 10.1. The number of hydrogen-bond acceptors (Lipinski definition) is 3. The van der Waals surface area contributed by atoms with Gasteiger partial charge in [-0.1, -0.05) is 34.8 Å². The van der Waals surface area contributed by atoms with Crippen LogP contribution in [-0.2, 0) is 4.74 Å². The lowest BCUT2D eigenvalue weighted by Gasteiger charge is -2.07. The van der Waals surface area contributed by atoms with E-state index < -0.39 is 11.8 Å². The highest BCUT2D eigenvalue weighted by atomic mass is 35.5. The van der Waals surface area contributed by atoms with E-state index in [0.29, 0.717) is 11.1 Å². The van der Waals surface area contributed by atoms with Gasteiger partial charge in [0.25, 0.3) is 0 Å². The molecule has 0 saturated carbocycles. The smallest absolute Gasteiger partial charge is 0.359 e. The van der Waals surface area contributed by atoms with Gasteiger partial charge in [-0.25, -0.2) is 14.2 Å². The average Bonchev–Trinajstić information content (AvgIpc) is 2.43. The number of benzene rings is 1. The minimum absolute atomic E-state index is 0.219. The van der Waals surface area contributed by atoms with Crippen LogP contribution in [0.1, 0.15) is 10.5 Å². The van der Waals surface area contributed by atoms with Gasteiger partial charge in [0.1, 0.15) is 0 Å². The van der Waals surface area contributed by atoms with Gasteiger partial charge in [0.05, 0.1) is 22.2 Å². The summed E-state index contributed by atoms with van der Waals surface area (Å²) in [5, 5.41) is 0.704. The number of pyridine rings is 1. The first-order valence-electron chi connectivity index (χ1n) is 5.32. The molecule has 0 amide bonds. The Kier molecular flexibility index (Phi) is 4.48. The summed E-state index contributed by atoms with van der Waals surface area (Å²) in [7, 11) is 1.15. The molecule has 1 heterocycles. The average molecular weight is 335 g/mol. The third kappa shape index (κ3) is 2.87. The molecule has 0 saturated heterocycles. The zero-order chi connectivity index (χ0) is 14.9. The van der Waals surface area contributed by atoms with Gasteiger partial charge in [0.2, 0.25) is 0 Å². The molecule has 104 valence electrons. The van der Waals surface area contributed by atoms with E-state index in [1.54, 1.807) is 0 Å². The van der Waals surface area contributed by atoms with Gasteiger partial charge in [-0.15, -0.1) is 0 Å². The maximum Gasteiger partial charge on any atom is 0.359 e. The highest BCUT2D eigenvalue weighted by molar-refractivity contribution is 6.48. The predicted molar refractivity (Wildman–Crippen MR) is 76.0 cm³/mol. The first kappa shape index (κ1) is 15.0. The van der Waals surface area contributed by atoms with Crippen molar-refractivity contribution in [3.63, 3.8) is 0 Å². The molecule has 0 aliphatic carbocycles. The Morgan fingerprint density at radius 1 is 1.15 bits per heavy atom. The number of esters is 1. The minimum Gasteiger partial charge on any atom is -0.464 e. The number of aromatic nitrogens is 1. The Morgan fingerprint density at radius 2 is 1.75 bits per heavy atom. The number of methoxy groups -OCH3 is 1. The topological polar surface area (TPSA) is 39.2 Å². The van der Waals surface area contributed by atoms with Crippen LogP contribution in [-0.4, -0.2) is 18.1 Å². The van der Waals surface area contributed by atoms with Crippen molar-refractivity contribution in [3.05, 3.63) is 51.0 Å². The van der Waals surface area contributed by atoms with E-state index in [1.165, 1.54) is 18.3 Å². The second-order valence-corrected chi connectivity index (χ2v) is 4.99. The lowest BCUT2D eigenvalue weighted by molar-refractivity contribution is 0.0588. The minimum atomic E-state index is -0.846. The highest BCUT2D eigenvalue weighted by Crippen LogP contribution is 2.35. The van der Waals surface area contributed by atoms with Crippen LogP contribution in [0.4, 0.5) is 4.39 Å². The molecule has 0 aliphatic heterocycles. The summed E-state index contributed by atoms with van der Waals surface area (Å²) in [4.78, 5) is 15.0. The van der Waals surface area contributed by atoms with E-state index in [9.17, 15) is 9.18 Å². The largest absolute Gasteiger partial charge is 0.464 e. The van der Waals surface area contributed by atoms with Crippen molar-refractivity contribution in [2.45, 2.75) is 0 Å². The van der Waals surface area contributed by atoms with E-state index in [0.717, 1.165) is 13.2 Å². The van der Waals surface area contributed by atoms with Gasteiger partial charge in [-0.05, 0) is 23.8 Å². The third-order valence-electron chi connectivity index (χ3n) is 2.54. The zero-order valence-corrected chi connectivity index (χ0v) is 12.4. The molecule has 2 rings (SSSR count). The van der Waals surface area contributed by atoms with Crippen LogP contribution in [0.25, 0.3) is 11.1 Å². The first-order chi connectivity index (χ1) is 9.43. The number of hydrogen-bond donors (Lipinski definition) is 0. The molecule has 2 aromatic rings. The maximum absolute atomic E-state index is 13.8. The fourth-order valence-corrected chi connectivity index (χ4v) is 2.16. The van der Waals surface area contributed by atoms with E-state index >= 15 is 0 Å². The fraction of sp³-hybridized carbons (Fsp3) is 0.0769. The van der Waals surface area contributed by atoms with Crippen LogP contribution in [0.2, 0.25) is 15.1 Å². The van der Waals surface area contributed by atoms with Crippen LogP contribution in [0.3, 0.4) is 0 Å². The molecule has 0 unspecified atom stereocenters. The number of rotatable bonds is 2. The molecule has 0 aliphatic rings. The van der Waals surface area contributed by atoms with Crippen molar-refractivity contribution < 1.29 is 13.9 Å². The normalized spacial score (nSPS) is 10.4. The summed E-state index contributed by atoms with van der Waals surface area (Å²) in [6.45, 7) is 0. The number of nitrogens with zero attached hydrogens (tertiary/aromatic N) is 1. The van der Waals surface area contributed by atoms with Gasteiger partial charge in [0, 0.05) is 11.8 Å². The van der Waals surface area contributed by atoms with Crippen molar-refractivity contribution in [2.75, 3.05) is 7.11 Å². The third-order valence-corrected chi connectivity index (χ3v) is 3.73. The number of ether oxygens (including phenoxy) is 1. The summed E-state index contributed by atoms with van der Waals surface area (Å²) in [6, 6.07) is 4.21. The molecule has 0 bridgehead atoms. The molecular weight excluding hydrogens is 328 g/mol. The second kappa shape index (κ2) is 5.95. The number of halogens is 4. The van der Waals surface area contributed by atoms with Gasteiger partial charge in [0.15, 0.2) is 11.5 Å². The molecule has 0 spiro atoms. The molecule has 7 heteroatoms. The predicted octanol–water partition coefficient (Wildman–Crippen LogP) is 4.63. The summed E-state index contributed by atoms with van der Waals surface area (Å²) in [6.07, 6.45) is 1.32. The van der Waals surface area contributed by atoms with Crippen LogP contribution in [0.15, 0.2) is 24.4 Å². The Labute approximate surface area is 129 Å². The maximum atomic E-state index is 13.8. The molecule has 0 radical (unpaired) electrons. The lowest BCUT2D eigenvalue weighted by atomic mass is 10.1. The lowest BCUT2D eigenvalue weighted by Crippen LogP contribution is -2.07. The van der Waals surface area contributed by atoms with Crippen LogP contribution < -0.4 is 0 Å². The van der Waals surface area contributed by atoms with Crippen molar-refractivity contribution in [1.82, 2.24) is 4.98 Å². The van der Waals surface area contributed by atoms with Crippen molar-refractivity contribution in [3.8, 4) is 11.1 Å². The number of carbonyl (C=O) groups excluding carboxylic acids is 1. The van der Waals surface area contributed by atoms with Crippen LogP contribution in [0.5, 0.6) is 0 Å². The van der Waals surface area contributed by atoms with Crippen molar-refractivity contribution in [2.24, 2.45) is 0 Å².